The Morgan fingerprint density at radius 1 is 1.15 bits per heavy atom. The second-order valence-electron chi connectivity index (χ2n) is 6.61. The fourth-order valence-corrected chi connectivity index (χ4v) is 4.68. The average Bonchev–Trinajstić information content (AvgIpc) is 3.01. The summed E-state index contributed by atoms with van der Waals surface area (Å²) in [6, 6.07) is 6.27. The van der Waals surface area contributed by atoms with Crippen molar-refractivity contribution in [3.05, 3.63) is 41.7 Å². The molecule has 26 heavy (non-hydrogen) atoms. The lowest BCUT2D eigenvalue weighted by Gasteiger charge is -2.25. The van der Waals surface area contributed by atoms with Crippen LogP contribution in [-0.2, 0) is 17.1 Å². The molecule has 2 heterocycles. The predicted molar refractivity (Wildman–Crippen MR) is 98.8 cm³/mol. The Kier molecular flexibility index (Phi) is 5.06. The fourth-order valence-electron chi connectivity index (χ4n) is 3.09. The quantitative estimate of drug-likeness (QED) is 0.801. The van der Waals surface area contributed by atoms with Gasteiger partial charge >= 0.3 is 0 Å². The molecule has 0 saturated carbocycles. The number of benzene rings is 1. The number of hydrogen-bond acceptors (Lipinski definition) is 4. The molecule has 1 aromatic carbocycles. The van der Waals surface area contributed by atoms with E-state index in [1.165, 1.54) is 27.2 Å². The molecule has 1 aromatic heterocycles. The molecule has 2 aromatic rings. The van der Waals surface area contributed by atoms with E-state index in [1.807, 2.05) is 6.92 Å². The highest BCUT2D eigenvalue weighted by atomic mass is 32.2. The zero-order chi connectivity index (χ0) is 18.9. The van der Waals surface area contributed by atoms with Gasteiger partial charge in [-0.15, -0.1) is 0 Å². The van der Waals surface area contributed by atoms with E-state index in [0.717, 1.165) is 24.8 Å². The lowest BCUT2D eigenvalue weighted by molar-refractivity contribution is 0.101. The minimum Gasteiger partial charge on any atom is -0.506 e. The molecule has 1 saturated heterocycles. The summed E-state index contributed by atoms with van der Waals surface area (Å²) in [5.74, 6) is -0.521. The highest BCUT2D eigenvalue weighted by Gasteiger charge is 2.28. The van der Waals surface area contributed by atoms with Crippen LogP contribution in [0.1, 0.15) is 35.3 Å². The smallest absolute Gasteiger partial charge is 0.272 e. The first kappa shape index (κ1) is 18.5. The standard InChI is InChI=1S/C18H23N3O4S/c1-13-6-7-17(22)15(10-13)19-18(23)16-11-14(12-20(16)2)26(24,25)21-8-4-3-5-9-21/h6-7,10-12,22H,3-5,8-9H2,1-2H3,(H,19,23). The number of aromatic hydroxyl groups is 1. The summed E-state index contributed by atoms with van der Waals surface area (Å²) in [6.07, 6.45) is 4.20. The zero-order valence-electron chi connectivity index (χ0n) is 14.9. The summed E-state index contributed by atoms with van der Waals surface area (Å²) in [7, 11) is -1.98. The molecule has 0 spiro atoms. The molecular formula is C18H23N3O4S. The molecule has 2 N–H and O–H groups in total. The number of anilines is 1. The van der Waals surface area contributed by atoms with Gasteiger partial charge in [0.15, 0.2) is 0 Å². The number of amides is 1. The number of phenols is 1. The van der Waals surface area contributed by atoms with Gasteiger partial charge in [0, 0.05) is 26.3 Å². The third-order valence-corrected chi connectivity index (χ3v) is 6.43. The Bertz CT molecular complexity index is 928. The fraction of sp³-hybridized carbons (Fsp3) is 0.389. The summed E-state index contributed by atoms with van der Waals surface area (Å²) < 4.78 is 28.5. The maximum Gasteiger partial charge on any atom is 0.272 e. The van der Waals surface area contributed by atoms with Crippen molar-refractivity contribution in [2.24, 2.45) is 7.05 Å². The summed E-state index contributed by atoms with van der Waals surface area (Å²) in [6.45, 7) is 2.87. The van der Waals surface area contributed by atoms with E-state index in [4.69, 9.17) is 0 Å². The Morgan fingerprint density at radius 2 is 1.85 bits per heavy atom. The van der Waals surface area contributed by atoms with Crippen molar-refractivity contribution in [2.45, 2.75) is 31.1 Å². The van der Waals surface area contributed by atoms with Crippen molar-refractivity contribution >= 4 is 21.6 Å². The van der Waals surface area contributed by atoms with Crippen molar-refractivity contribution in [1.29, 1.82) is 0 Å². The van der Waals surface area contributed by atoms with Gasteiger partial charge in [-0.1, -0.05) is 12.5 Å². The van der Waals surface area contributed by atoms with E-state index in [1.54, 1.807) is 19.2 Å². The number of carbonyl (C=O) groups excluding carboxylic acids is 1. The van der Waals surface area contributed by atoms with Gasteiger partial charge in [-0.3, -0.25) is 4.79 Å². The number of phenolic OH excluding ortho intramolecular Hbond substituents is 1. The summed E-state index contributed by atoms with van der Waals surface area (Å²) in [4.78, 5) is 12.7. The average molecular weight is 377 g/mol. The Hall–Kier alpha value is -2.32. The minimum absolute atomic E-state index is 0.0423. The minimum atomic E-state index is -3.60. The predicted octanol–water partition coefficient (Wildman–Crippen LogP) is 2.47. The molecular weight excluding hydrogens is 354 g/mol. The molecule has 1 fully saturated rings. The summed E-state index contributed by atoms with van der Waals surface area (Å²) in [5.41, 5.74) is 1.39. The third kappa shape index (κ3) is 3.61. The summed E-state index contributed by atoms with van der Waals surface area (Å²) >= 11 is 0. The Morgan fingerprint density at radius 3 is 2.54 bits per heavy atom. The first-order valence-corrected chi connectivity index (χ1v) is 10.0. The van der Waals surface area contributed by atoms with Crippen LogP contribution in [-0.4, -0.2) is 41.4 Å². The number of nitrogens with one attached hydrogen (secondary N) is 1. The molecule has 1 amide bonds. The highest BCUT2D eigenvalue weighted by molar-refractivity contribution is 7.89. The van der Waals surface area contributed by atoms with Crippen LogP contribution < -0.4 is 5.32 Å². The maximum absolute atomic E-state index is 12.8. The number of rotatable bonds is 4. The molecule has 0 radical (unpaired) electrons. The van der Waals surface area contributed by atoms with Crippen LogP contribution in [0.2, 0.25) is 0 Å². The molecule has 140 valence electrons. The van der Waals surface area contributed by atoms with Crippen molar-refractivity contribution in [2.75, 3.05) is 18.4 Å². The van der Waals surface area contributed by atoms with Crippen LogP contribution in [0, 0.1) is 6.92 Å². The van der Waals surface area contributed by atoms with Crippen LogP contribution in [0.15, 0.2) is 35.4 Å². The normalized spacial score (nSPS) is 15.8. The van der Waals surface area contributed by atoms with Crippen LogP contribution in [0.3, 0.4) is 0 Å². The van der Waals surface area contributed by atoms with Crippen molar-refractivity contribution in [3.63, 3.8) is 0 Å². The molecule has 0 aliphatic carbocycles. The van der Waals surface area contributed by atoms with Gasteiger partial charge in [0.2, 0.25) is 10.0 Å². The largest absolute Gasteiger partial charge is 0.506 e. The van der Waals surface area contributed by atoms with Gasteiger partial charge in [0.1, 0.15) is 16.3 Å². The molecule has 3 rings (SSSR count). The second kappa shape index (κ2) is 7.13. The second-order valence-corrected chi connectivity index (χ2v) is 8.55. The molecule has 0 atom stereocenters. The Balaban J connectivity index is 1.85. The van der Waals surface area contributed by atoms with Gasteiger partial charge in [-0.05, 0) is 43.5 Å². The van der Waals surface area contributed by atoms with Crippen molar-refractivity contribution < 1.29 is 18.3 Å². The van der Waals surface area contributed by atoms with Gasteiger partial charge in [0.25, 0.3) is 5.91 Å². The van der Waals surface area contributed by atoms with Gasteiger partial charge < -0.3 is 15.0 Å². The first-order valence-electron chi connectivity index (χ1n) is 8.56. The third-order valence-electron chi connectivity index (χ3n) is 4.57. The van der Waals surface area contributed by atoms with Crippen LogP contribution in [0.25, 0.3) is 0 Å². The monoisotopic (exact) mass is 377 g/mol. The number of hydrogen-bond donors (Lipinski definition) is 2. The number of piperidine rings is 1. The number of carbonyl (C=O) groups is 1. The molecule has 1 aliphatic rings. The SMILES string of the molecule is Cc1ccc(O)c(NC(=O)c2cc(S(=O)(=O)N3CCCCC3)cn2C)c1. The van der Waals surface area contributed by atoms with Gasteiger partial charge in [-0.25, -0.2) is 8.42 Å². The van der Waals surface area contributed by atoms with Crippen LogP contribution >= 0.6 is 0 Å². The van der Waals surface area contributed by atoms with Gasteiger partial charge in [-0.2, -0.15) is 4.31 Å². The molecule has 1 aliphatic heterocycles. The summed E-state index contributed by atoms with van der Waals surface area (Å²) in [5, 5.41) is 12.5. The van der Waals surface area contributed by atoms with Crippen molar-refractivity contribution in [1.82, 2.24) is 8.87 Å². The highest BCUT2D eigenvalue weighted by Crippen LogP contribution is 2.26. The molecule has 7 nitrogen and oxygen atoms in total. The van der Waals surface area contributed by atoms with Crippen LogP contribution in [0.4, 0.5) is 5.69 Å². The molecule has 0 unspecified atom stereocenters. The lowest BCUT2D eigenvalue weighted by atomic mass is 10.2. The topological polar surface area (TPSA) is 91.6 Å². The van der Waals surface area contributed by atoms with Crippen molar-refractivity contribution in [3.8, 4) is 5.75 Å². The van der Waals surface area contributed by atoms with Gasteiger partial charge in [0.05, 0.1) is 5.69 Å². The van der Waals surface area contributed by atoms with Crippen LogP contribution in [0.5, 0.6) is 5.75 Å². The Labute approximate surface area is 153 Å². The zero-order valence-corrected chi connectivity index (χ0v) is 15.7. The van der Waals surface area contributed by atoms with E-state index in [-0.39, 0.29) is 22.0 Å². The number of aromatic nitrogens is 1. The molecule has 8 heteroatoms. The maximum atomic E-state index is 12.8. The molecule has 0 bridgehead atoms. The van der Waals surface area contributed by atoms with E-state index in [0.29, 0.717) is 13.1 Å². The van der Waals surface area contributed by atoms with E-state index >= 15 is 0 Å². The number of sulfonamides is 1. The van der Waals surface area contributed by atoms with E-state index in [9.17, 15) is 18.3 Å². The first-order chi connectivity index (χ1) is 12.3. The number of nitrogens with zero attached hydrogens (tertiary/aromatic N) is 2. The number of aryl methyl sites for hydroxylation is 2. The van der Waals surface area contributed by atoms with E-state index in [2.05, 4.69) is 5.32 Å². The lowest BCUT2D eigenvalue weighted by Crippen LogP contribution is -2.35. The van der Waals surface area contributed by atoms with E-state index < -0.39 is 15.9 Å².